The van der Waals surface area contributed by atoms with E-state index in [0.717, 1.165) is 16.7 Å². The quantitative estimate of drug-likeness (QED) is 0.0913. The number of rotatable bonds is 15. The summed E-state index contributed by atoms with van der Waals surface area (Å²) in [7, 11) is 0. The summed E-state index contributed by atoms with van der Waals surface area (Å²) in [5.74, 6) is -1.54. The first-order valence-electron chi connectivity index (χ1n) is 15.8. The van der Waals surface area contributed by atoms with Crippen LogP contribution in [-0.2, 0) is 27.5 Å². The van der Waals surface area contributed by atoms with Gasteiger partial charge in [-0.05, 0) is 71.8 Å². The van der Waals surface area contributed by atoms with Gasteiger partial charge < -0.3 is 31.7 Å². The van der Waals surface area contributed by atoms with E-state index in [4.69, 9.17) is 33.7 Å². The molecule has 5 amide bonds. The molecule has 4 aromatic rings. The predicted molar refractivity (Wildman–Crippen MR) is 190 cm³/mol. The molecule has 0 unspecified atom stereocenters. The van der Waals surface area contributed by atoms with Crippen molar-refractivity contribution >= 4 is 47.1 Å². The van der Waals surface area contributed by atoms with Crippen molar-refractivity contribution in [2.24, 2.45) is 5.73 Å². The van der Waals surface area contributed by atoms with Crippen molar-refractivity contribution in [3.63, 3.8) is 0 Å². The number of ether oxygens (including phenoxy) is 1. The number of halogens is 2. The van der Waals surface area contributed by atoms with Gasteiger partial charge in [-0.25, -0.2) is 9.59 Å². The van der Waals surface area contributed by atoms with Gasteiger partial charge in [-0.2, -0.15) is 0 Å². The molecule has 0 spiro atoms. The van der Waals surface area contributed by atoms with Gasteiger partial charge in [0.2, 0.25) is 11.8 Å². The van der Waals surface area contributed by atoms with Crippen molar-refractivity contribution in [2.45, 2.75) is 50.9 Å². The molecule has 4 aromatic carbocycles. The lowest BCUT2D eigenvalue weighted by atomic mass is 9.90. The van der Waals surface area contributed by atoms with E-state index >= 15 is 0 Å². The van der Waals surface area contributed by atoms with Crippen LogP contribution in [0.1, 0.15) is 59.5 Å². The topological polar surface area (TPSA) is 152 Å². The van der Waals surface area contributed by atoms with Crippen LogP contribution in [0.15, 0.2) is 103 Å². The normalized spacial score (nSPS) is 12.0. The van der Waals surface area contributed by atoms with E-state index in [0.29, 0.717) is 27.6 Å². The molecule has 49 heavy (non-hydrogen) atoms. The second-order valence-electron chi connectivity index (χ2n) is 11.4. The molecule has 0 fully saturated rings. The van der Waals surface area contributed by atoms with Gasteiger partial charge in [0.1, 0.15) is 12.6 Å². The Morgan fingerprint density at radius 2 is 1.27 bits per heavy atom. The average molecular weight is 705 g/mol. The lowest BCUT2D eigenvalue weighted by Gasteiger charge is -2.25. The molecule has 0 radical (unpaired) electrons. The smallest absolute Gasteiger partial charge is 0.407 e. The Morgan fingerprint density at radius 1 is 0.694 bits per heavy atom. The van der Waals surface area contributed by atoms with E-state index in [1.54, 1.807) is 48.5 Å². The minimum atomic E-state index is -0.932. The van der Waals surface area contributed by atoms with Crippen LogP contribution in [-0.4, -0.2) is 36.5 Å². The van der Waals surface area contributed by atoms with E-state index in [9.17, 15) is 19.2 Å². The number of primary amides is 1. The van der Waals surface area contributed by atoms with Crippen molar-refractivity contribution in [3.05, 3.63) is 141 Å². The van der Waals surface area contributed by atoms with Crippen LogP contribution in [0.3, 0.4) is 0 Å². The highest BCUT2D eigenvalue weighted by Crippen LogP contribution is 2.28. The first kappa shape index (κ1) is 36.8. The second-order valence-corrected chi connectivity index (χ2v) is 12.3. The number of hydrogen-bond donors (Lipinski definition) is 5. The van der Waals surface area contributed by atoms with Crippen LogP contribution < -0.4 is 27.0 Å². The van der Waals surface area contributed by atoms with E-state index in [-0.39, 0.29) is 32.0 Å². The fourth-order valence-corrected chi connectivity index (χ4v) is 5.36. The molecule has 10 nitrogen and oxygen atoms in total. The number of alkyl carbamates (subject to hydrolysis) is 1. The Hall–Kier alpha value is -5.06. The first-order chi connectivity index (χ1) is 23.6. The monoisotopic (exact) mass is 703 g/mol. The first-order valence-corrected chi connectivity index (χ1v) is 16.5. The Kier molecular flexibility index (Phi) is 13.9. The van der Waals surface area contributed by atoms with Gasteiger partial charge in [0.25, 0.3) is 0 Å². The van der Waals surface area contributed by atoms with Crippen molar-refractivity contribution in [1.29, 1.82) is 0 Å². The summed E-state index contributed by atoms with van der Waals surface area (Å²) in [4.78, 5) is 51.1. The summed E-state index contributed by atoms with van der Waals surface area (Å²) < 4.78 is 5.29. The predicted octanol–water partition coefficient (Wildman–Crippen LogP) is 6.36. The van der Waals surface area contributed by atoms with Gasteiger partial charge in [-0.15, -0.1) is 0 Å². The molecule has 0 bridgehead atoms. The third kappa shape index (κ3) is 11.8. The maximum atomic E-state index is 14.0. The summed E-state index contributed by atoms with van der Waals surface area (Å²) >= 11 is 12.3. The van der Waals surface area contributed by atoms with Crippen LogP contribution in [0.2, 0.25) is 10.0 Å². The number of amides is 5. The van der Waals surface area contributed by atoms with E-state index in [2.05, 4.69) is 21.3 Å². The SMILES string of the molecule is C[C@@H](NC(=O)[C@@H](CCCNC(=O)OCc1ccccc1)NC(=O)C(c1ccc(Cl)cc1)c1ccc(Cl)cc1)c1ccc(CNC(N)=O)cc1. The molecular formula is C37H39Cl2N5O5. The van der Waals surface area contributed by atoms with Crippen molar-refractivity contribution < 1.29 is 23.9 Å². The lowest BCUT2D eigenvalue weighted by Crippen LogP contribution is -2.49. The van der Waals surface area contributed by atoms with Crippen LogP contribution in [0, 0.1) is 0 Å². The molecule has 0 aromatic heterocycles. The number of carbonyl (C=O) groups excluding carboxylic acids is 4. The third-order valence-electron chi connectivity index (χ3n) is 7.76. The zero-order valence-electron chi connectivity index (χ0n) is 27.0. The van der Waals surface area contributed by atoms with E-state index in [1.165, 1.54) is 0 Å². The largest absolute Gasteiger partial charge is 0.445 e. The molecule has 256 valence electrons. The molecule has 0 saturated heterocycles. The zero-order valence-corrected chi connectivity index (χ0v) is 28.5. The standard InChI is InChI=1S/C37H39Cl2N5O5/c1-24(27-11-9-25(10-12-27)22-42-36(40)47)43-34(45)32(8-5-21-41-37(48)49-23-26-6-3-2-4-7-26)44-35(46)33(28-13-17-30(38)18-14-28)29-15-19-31(39)20-16-29/h2-4,6-7,9-20,24,32-33H,5,8,21-23H2,1H3,(H,41,48)(H,43,45)(H,44,46)(H3,40,42,47)/t24-,32-/m1/s1. The van der Waals surface area contributed by atoms with Gasteiger partial charge in [-0.1, -0.05) is 102 Å². The molecule has 0 aliphatic carbocycles. The minimum Gasteiger partial charge on any atom is -0.445 e. The van der Waals surface area contributed by atoms with Gasteiger partial charge in [0, 0.05) is 23.1 Å². The fourth-order valence-electron chi connectivity index (χ4n) is 5.11. The van der Waals surface area contributed by atoms with E-state index in [1.807, 2.05) is 61.5 Å². The highest BCUT2D eigenvalue weighted by Gasteiger charge is 2.29. The Labute approximate surface area is 295 Å². The van der Waals surface area contributed by atoms with Crippen LogP contribution in [0.5, 0.6) is 0 Å². The van der Waals surface area contributed by atoms with Gasteiger partial charge in [0.15, 0.2) is 0 Å². The van der Waals surface area contributed by atoms with Crippen molar-refractivity contribution in [2.75, 3.05) is 6.54 Å². The summed E-state index contributed by atoms with van der Waals surface area (Å²) in [5.41, 5.74) is 9.06. The van der Waals surface area contributed by atoms with Crippen molar-refractivity contribution in [1.82, 2.24) is 21.3 Å². The summed E-state index contributed by atoms with van der Waals surface area (Å²) in [6.07, 6.45) is 0.0264. The van der Waals surface area contributed by atoms with Gasteiger partial charge >= 0.3 is 12.1 Å². The molecular weight excluding hydrogens is 665 g/mol. The molecule has 6 N–H and O–H groups in total. The second kappa shape index (κ2) is 18.5. The average Bonchev–Trinajstić information content (AvgIpc) is 3.10. The lowest BCUT2D eigenvalue weighted by molar-refractivity contribution is -0.129. The maximum absolute atomic E-state index is 14.0. The number of benzene rings is 4. The summed E-state index contributed by atoms with van der Waals surface area (Å²) in [5, 5.41) is 12.3. The third-order valence-corrected chi connectivity index (χ3v) is 8.26. The maximum Gasteiger partial charge on any atom is 0.407 e. The number of nitrogens with one attached hydrogen (secondary N) is 4. The molecule has 0 heterocycles. The number of nitrogens with two attached hydrogens (primary N) is 1. The van der Waals surface area contributed by atoms with Crippen LogP contribution in [0.4, 0.5) is 9.59 Å². The summed E-state index contributed by atoms with van der Waals surface area (Å²) in [6.45, 7) is 2.47. The zero-order chi connectivity index (χ0) is 35.2. The van der Waals surface area contributed by atoms with Gasteiger partial charge in [-0.3, -0.25) is 9.59 Å². The molecule has 0 saturated carbocycles. The van der Waals surface area contributed by atoms with Crippen molar-refractivity contribution in [3.8, 4) is 0 Å². The highest BCUT2D eigenvalue weighted by atomic mass is 35.5. The number of hydrogen-bond acceptors (Lipinski definition) is 5. The Morgan fingerprint density at radius 3 is 1.84 bits per heavy atom. The molecule has 0 aliphatic heterocycles. The number of carbonyl (C=O) groups is 4. The molecule has 0 aliphatic rings. The van der Waals surface area contributed by atoms with Gasteiger partial charge in [0.05, 0.1) is 12.0 Å². The van der Waals surface area contributed by atoms with Crippen LogP contribution >= 0.6 is 23.2 Å². The molecule has 4 rings (SSSR count). The fraction of sp³-hybridized carbons (Fsp3) is 0.243. The molecule has 2 atom stereocenters. The highest BCUT2D eigenvalue weighted by molar-refractivity contribution is 6.30. The summed E-state index contributed by atoms with van der Waals surface area (Å²) in [6, 6.07) is 28.6. The Balaban J connectivity index is 1.46. The Bertz CT molecular complexity index is 1640. The number of urea groups is 1. The van der Waals surface area contributed by atoms with Crippen LogP contribution in [0.25, 0.3) is 0 Å². The van der Waals surface area contributed by atoms with E-state index < -0.39 is 36.0 Å². The minimum absolute atomic E-state index is 0.130. The molecule has 12 heteroatoms.